The molecule has 0 saturated carbocycles. The highest BCUT2D eigenvalue weighted by atomic mass is 16.5. The van der Waals surface area contributed by atoms with Gasteiger partial charge in [0.2, 0.25) is 0 Å². The maximum atomic E-state index is 12.2. The molecule has 1 heterocycles. The Morgan fingerprint density at radius 2 is 1.76 bits per heavy atom. The number of hydrogen-bond acceptors (Lipinski definition) is 3. The number of benzene rings is 1. The molecule has 0 bridgehead atoms. The third-order valence-electron chi connectivity index (χ3n) is 3.50. The van der Waals surface area contributed by atoms with Crippen molar-refractivity contribution in [1.82, 2.24) is 15.1 Å². The predicted octanol–water partition coefficient (Wildman–Crippen LogP) is 1.67. The van der Waals surface area contributed by atoms with Crippen molar-refractivity contribution in [2.75, 3.05) is 33.3 Å². The van der Waals surface area contributed by atoms with Crippen molar-refractivity contribution in [2.24, 2.45) is 0 Å². The van der Waals surface area contributed by atoms with Crippen LogP contribution in [0.25, 0.3) is 0 Å². The van der Waals surface area contributed by atoms with E-state index in [1.165, 1.54) is 7.11 Å². The van der Waals surface area contributed by atoms with Gasteiger partial charge in [0.05, 0.1) is 7.11 Å². The molecule has 1 fully saturated rings. The number of methoxy groups -OCH3 is 1. The molecule has 6 heteroatoms. The molecule has 0 atom stereocenters. The van der Waals surface area contributed by atoms with Crippen molar-refractivity contribution in [3.05, 3.63) is 35.9 Å². The lowest BCUT2D eigenvalue weighted by molar-refractivity contribution is 0.125. The van der Waals surface area contributed by atoms with Crippen LogP contribution in [0.5, 0.6) is 0 Å². The number of nitrogens with one attached hydrogen (secondary N) is 1. The Morgan fingerprint density at radius 1 is 1.10 bits per heavy atom. The second-order valence-corrected chi connectivity index (χ2v) is 4.94. The minimum atomic E-state index is -0.332. The number of amides is 3. The molecule has 0 unspecified atom stereocenters. The van der Waals surface area contributed by atoms with Gasteiger partial charge >= 0.3 is 12.1 Å². The first-order valence-corrected chi connectivity index (χ1v) is 7.10. The van der Waals surface area contributed by atoms with Gasteiger partial charge in [-0.1, -0.05) is 30.3 Å². The molecule has 1 aromatic carbocycles. The van der Waals surface area contributed by atoms with Crippen LogP contribution in [0.3, 0.4) is 0 Å². The highest BCUT2D eigenvalue weighted by Crippen LogP contribution is 2.05. The summed E-state index contributed by atoms with van der Waals surface area (Å²) in [5.41, 5.74) is 1.07. The fourth-order valence-electron chi connectivity index (χ4n) is 2.32. The summed E-state index contributed by atoms with van der Waals surface area (Å²) in [5, 5.41) is 2.91. The minimum Gasteiger partial charge on any atom is -0.453 e. The largest absolute Gasteiger partial charge is 0.453 e. The van der Waals surface area contributed by atoms with Gasteiger partial charge < -0.3 is 19.9 Å². The van der Waals surface area contributed by atoms with Crippen molar-refractivity contribution in [3.63, 3.8) is 0 Å². The molecule has 3 amide bonds. The second kappa shape index (κ2) is 7.52. The van der Waals surface area contributed by atoms with E-state index < -0.39 is 0 Å². The van der Waals surface area contributed by atoms with Gasteiger partial charge in [-0.05, 0) is 12.0 Å². The normalized spacial score (nSPS) is 15.3. The molecule has 1 N–H and O–H groups in total. The van der Waals surface area contributed by atoms with Crippen LogP contribution in [0, 0.1) is 0 Å². The van der Waals surface area contributed by atoms with Crippen molar-refractivity contribution in [3.8, 4) is 0 Å². The van der Waals surface area contributed by atoms with Crippen LogP contribution in [0.4, 0.5) is 9.59 Å². The molecule has 21 heavy (non-hydrogen) atoms. The summed E-state index contributed by atoms with van der Waals surface area (Å²) in [5.74, 6) is 0. The first-order valence-electron chi connectivity index (χ1n) is 7.10. The lowest BCUT2D eigenvalue weighted by atomic mass is 10.2. The number of nitrogens with zero attached hydrogens (tertiary/aromatic N) is 2. The van der Waals surface area contributed by atoms with Crippen LogP contribution in [-0.2, 0) is 11.3 Å². The molecule has 1 aliphatic heterocycles. The van der Waals surface area contributed by atoms with E-state index in [2.05, 4.69) is 5.32 Å². The Bertz CT molecular complexity index is 478. The maximum Gasteiger partial charge on any atom is 0.409 e. The lowest BCUT2D eigenvalue weighted by Crippen LogP contribution is -2.42. The molecular formula is C15H21N3O3. The van der Waals surface area contributed by atoms with Crippen LogP contribution in [0.15, 0.2) is 30.3 Å². The molecule has 1 aromatic rings. The Balaban J connectivity index is 1.81. The van der Waals surface area contributed by atoms with Gasteiger partial charge in [0.1, 0.15) is 0 Å². The average Bonchev–Trinajstić information content (AvgIpc) is 2.79. The summed E-state index contributed by atoms with van der Waals surface area (Å²) in [7, 11) is 1.37. The van der Waals surface area contributed by atoms with Crippen LogP contribution in [0.1, 0.15) is 12.0 Å². The smallest absolute Gasteiger partial charge is 0.409 e. The summed E-state index contributed by atoms with van der Waals surface area (Å²) in [6.07, 6.45) is 0.426. The highest BCUT2D eigenvalue weighted by molar-refractivity contribution is 5.74. The number of carbonyl (C=O) groups is 2. The zero-order valence-corrected chi connectivity index (χ0v) is 12.2. The monoisotopic (exact) mass is 291 g/mol. The maximum absolute atomic E-state index is 12.2. The Labute approximate surface area is 124 Å². The minimum absolute atomic E-state index is 0.0921. The van der Waals surface area contributed by atoms with Gasteiger partial charge in [-0.25, -0.2) is 9.59 Å². The topological polar surface area (TPSA) is 61.9 Å². The molecule has 2 rings (SSSR count). The highest BCUT2D eigenvalue weighted by Gasteiger charge is 2.21. The molecule has 0 aromatic heterocycles. The Hall–Kier alpha value is -2.24. The molecule has 0 aliphatic carbocycles. The van der Waals surface area contributed by atoms with E-state index in [9.17, 15) is 9.59 Å². The summed E-state index contributed by atoms with van der Waals surface area (Å²) in [4.78, 5) is 27.0. The number of urea groups is 1. The zero-order chi connectivity index (χ0) is 15.1. The summed E-state index contributed by atoms with van der Waals surface area (Å²) >= 11 is 0. The van der Waals surface area contributed by atoms with Crippen molar-refractivity contribution >= 4 is 12.1 Å². The van der Waals surface area contributed by atoms with Crippen LogP contribution in [-0.4, -0.2) is 55.2 Å². The quantitative estimate of drug-likeness (QED) is 0.901. The third-order valence-corrected chi connectivity index (χ3v) is 3.50. The van der Waals surface area contributed by atoms with Gasteiger partial charge in [-0.15, -0.1) is 0 Å². The Kier molecular flexibility index (Phi) is 5.43. The zero-order valence-electron chi connectivity index (χ0n) is 12.2. The number of ether oxygens (including phenoxy) is 1. The molecule has 0 spiro atoms. The summed E-state index contributed by atoms with van der Waals surface area (Å²) < 4.78 is 4.71. The van der Waals surface area contributed by atoms with E-state index in [0.29, 0.717) is 32.7 Å². The van der Waals surface area contributed by atoms with Gasteiger partial charge in [0.25, 0.3) is 0 Å². The Morgan fingerprint density at radius 3 is 2.48 bits per heavy atom. The molecule has 1 saturated heterocycles. The van der Waals surface area contributed by atoms with Gasteiger partial charge in [-0.2, -0.15) is 0 Å². The first-order chi connectivity index (χ1) is 10.2. The standard InChI is InChI=1S/C15H21N3O3/c1-21-15(20)18-9-5-8-17(10-11-18)14(19)16-12-13-6-3-2-4-7-13/h2-4,6-7H,5,8-12H2,1H3,(H,16,19). The van der Waals surface area contributed by atoms with E-state index in [1.807, 2.05) is 30.3 Å². The molecule has 114 valence electrons. The molecular weight excluding hydrogens is 270 g/mol. The van der Waals surface area contributed by atoms with Crippen LogP contribution in [0.2, 0.25) is 0 Å². The van der Waals surface area contributed by atoms with Crippen molar-refractivity contribution in [1.29, 1.82) is 0 Å². The molecule has 1 aliphatic rings. The van der Waals surface area contributed by atoms with Gasteiger partial charge in [0.15, 0.2) is 0 Å². The van der Waals surface area contributed by atoms with E-state index in [4.69, 9.17) is 4.74 Å². The fraction of sp³-hybridized carbons (Fsp3) is 0.467. The second-order valence-electron chi connectivity index (χ2n) is 4.94. The third kappa shape index (κ3) is 4.37. The summed E-state index contributed by atoms with van der Waals surface area (Å²) in [6.45, 7) is 2.81. The fourth-order valence-corrected chi connectivity index (χ4v) is 2.32. The predicted molar refractivity (Wildman–Crippen MR) is 78.8 cm³/mol. The van der Waals surface area contributed by atoms with Crippen molar-refractivity contribution in [2.45, 2.75) is 13.0 Å². The molecule has 6 nitrogen and oxygen atoms in total. The molecule has 0 radical (unpaired) electrons. The number of rotatable bonds is 2. The van der Waals surface area contributed by atoms with E-state index >= 15 is 0 Å². The average molecular weight is 291 g/mol. The SMILES string of the molecule is COC(=O)N1CCCN(C(=O)NCc2ccccc2)CC1. The van der Waals surface area contributed by atoms with Crippen molar-refractivity contribution < 1.29 is 14.3 Å². The lowest BCUT2D eigenvalue weighted by Gasteiger charge is -2.21. The van der Waals surface area contributed by atoms with Crippen LogP contribution < -0.4 is 5.32 Å². The van der Waals surface area contributed by atoms with E-state index in [-0.39, 0.29) is 12.1 Å². The van der Waals surface area contributed by atoms with E-state index in [1.54, 1.807) is 9.80 Å². The van der Waals surface area contributed by atoms with Gasteiger partial charge in [0, 0.05) is 32.7 Å². The number of carbonyl (C=O) groups excluding carboxylic acids is 2. The number of hydrogen-bond donors (Lipinski definition) is 1. The first kappa shape index (κ1) is 15.2. The summed E-state index contributed by atoms with van der Waals surface area (Å²) in [6, 6.07) is 9.69. The van der Waals surface area contributed by atoms with Gasteiger partial charge in [-0.3, -0.25) is 0 Å². The van der Waals surface area contributed by atoms with Crippen LogP contribution >= 0.6 is 0 Å². The van der Waals surface area contributed by atoms with E-state index in [0.717, 1.165) is 12.0 Å².